The van der Waals surface area contributed by atoms with Crippen LogP contribution in [0.2, 0.25) is 0 Å². The first-order valence-corrected chi connectivity index (χ1v) is 7.68. The smallest absolute Gasteiger partial charge is 0.244 e. The van der Waals surface area contributed by atoms with Crippen molar-refractivity contribution in [2.75, 3.05) is 12.4 Å². The van der Waals surface area contributed by atoms with Crippen LogP contribution in [0.25, 0.3) is 0 Å². The molecule has 1 saturated carbocycles. The maximum atomic E-state index is 12.3. The van der Waals surface area contributed by atoms with Gasteiger partial charge in [0.05, 0.1) is 22.8 Å². The lowest BCUT2D eigenvalue weighted by Crippen LogP contribution is -2.48. The van der Waals surface area contributed by atoms with Crippen LogP contribution in [0.15, 0.2) is 21.1 Å². The van der Waals surface area contributed by atoms with Crippen LogP contribution in [0.1, 0.15) is 25.7 Å². The zero-order valence-corrected chi connectivity index (χ0v) is 13.8. The fourth-order valence-corrected chi connectivity index (χ4v) is 3.52. The van der Waals surface area contributed by atoms with E-state index in [0.717, 1.165) is 34.6 Å². The highest BCUT2D eigenvalue weighted by molar-refractivity contribution is 9.11. The quantitative estimate of drug-likeness (QED) is 0.829. The Morgan fingerprint density at radius 3 is 2.53 bits per heavy atom. The first kappa shape index (κ1) is 14.8. The largest absolute Gasteiger partial charge is 0.495 e. The van der Waals surface area contributed by atoms with E-state index in [1.54, 1.807) is 13.2 Å². The highest BCUT2D eigenvalue weighted by atomic mass is 79.9. The zero-order valence-electron chi connectivity index (χ0n) is 10.6. The molecule has 4 nitrogen and oxygen atoms in total. The third kappa shape index (κ3) is 3.12. The van der Waals surface area contributed by atoms with E-state index in [2.05, 4.69) is 37.2 Å². The van der Waals surface area contributed by atoms with Gasteiger partial charge in [-0.25, -0.2) is 0 Å². The van der Waals surface area contributed by atoms with Gasteiger partial charge >= 0.3 is 0 Å². The van der Waals surface area contributed by atoms with Gasteiger partial charge in [-0.05, 0) is 50.8 Å². The summed E-state index contributed by atoms with van der Waals surface area (Å²) in [5, 5.41) is 2.88. The number of rotatable bonds is 3. The van der Waals surface area contributed by atoms with Gasteiger partial charge in [0, 0.05) is 10.5 Å². The summed E-state index contributed by atoms with van der Waals surface area (Å²) < 4.78 is 6.83. The van der Waals surface area contributed by atoms with Crippen molar-refractivity contribution in [3.8, 4) is 5.75 Å². The van der Waals surface area contributed by atoms with Gasteiger partial charge in [0.15, 0.2) is 0 Å². The van der Waals surface area contributed by atoms with Gasteiger partial charge < -0.3 is 15.8 Å². The van der Waals surface area contributed by atoms with E-state index >= 15 is 0 Å². The second kappa shape index (κ2) is 5.81. The second-order valence-electron chi connectivity index (χ2n) is 4.78. The van der Waals surface area contributed by atoms with Crippen molar-refractivity contribution >= 4 is 43.5 Å². The Kier molecular flexibility index (Phi) is 4.53. The standard InChI is InChI=1S/C13H16Br2N2O2/c1-19-11-7-10(8(14)6-9(11)15)17-12(18)13(16)4-2-3-5-13/h6-7H,2-5,16H2,1H3,(H,17,18). The average molecular weight is 392 g/mol. The first-order valence-electron chi connectivity index (χ1n) is 6.09. The van der Waals surface area contributed by atoms with Crippen LogP contribution in [0.3, 0.4) is 0 Å². The van der Waals surface area contributed by atoms with Crippen LogP contribution in [0, 0.1) is 0 Å². The topological polar surface area (TPSA) is 64.3 Å². The summed E-state index contributed by atoms with van der Waals surface area (Å²) in [5.74, 6) is 0.533. The van der Waals surface area contributed by atoms with Crippen molar-refractivity contribution < 1.29 is 9.53 Å². The average Bonchev–Trinajstić information content (AvgIpc) is 2.81. The summed E-state index contributed by atoms with van der Waals surface area (Å²) in [6.07, 6.45) is 3.50. The minimum Gasteiger partial charge on any atom is -0.495 e. The van der Waals surface area contributed by atoms with Crippen LogP contribution >= 0.6 is 31.9 Å². The van der Waals surface area contributed by atoms with Crippen molar-refractivity contribution in [2.24, 2.45) is 5.73 Å². The molecule has 1 aromatic rings. The molecule has 1 aliphatic carbocycles. The molecular weight excluding hydrogens is 376 g/mol. The molecule has 0 heterocycles. The van der Waals surface area contributed by atoms with E-state index in [0.29, 0.717) is 11.4 Å². The highest BCUT2D eigenvalue weighted by Crippen LogP contribution is 2.36. The summed E-state index contributed by atoms with van der Waals surface area (Å²) in [7, 11) is 1.58. The van der Waals surface area contributed by atoms with E-state index in [-0.39, 0.29) is 5.91 Å². The number of amides is 1. The number of carbonyl (C=O) groups excluding carboxylic acids is 1. The number of nitrogens with one attached hydrogen (secondary N) is 1. The third-order valence-corrected chi connectivity index (χ3v) is 4.71. The third-order valence-electron chi connectivity index (χ3n) is 3.44. The molecule has 0 atom stereocenters. The Balaban J connectivity index is 2.21. The van der Waals surface area contributed by atoms with E-state index in [9.17, 15) is 4.79 Å². The Bertz CT molecular complexity index is 500. The van der Waals surface area contributed by atoms with E-state index in [1.165, 1.54) is 0 Å². The predicted molar refractivity (Wildman–Crippen MR) is 82.4 cm³/mol. The van der Waals surface area contributed by atoms with Crippen LogP contribution in [0.4, 0.5) is 5.69 Å². The Labute approximate surface area is 129 Å². The van der Waals surface area contributed by atoms with Gasteiger partial charge in [0.1, 0.15) is 5.75 Å². The summed E-state index contributed by atoms with van der Waals surface area (Å²) >= 11 is 6.82. The molecule has 2 rings (SSSR count). The maximum absolute atomic E-state index is 12.3. The molecule has 104 valence electrons. The lowest BCUT2D eigenvalue weighted by molar-refractivity contribution is -0.121. The Morgan fingerprint density at radius 1 is 1.32 bits per heavy atom. The molecule has 0 aliphatic heterocycles. The molecule has 0 radical (unpaired) electrons. The molecule has 1 amide bonds. The van der Waals surface area contributed by atoms with Crippen LogP contribution in [-0.2, 0) is 4.79 Å². The summed E-state index contributed by atoms with van der Waals surface area (Å²) in [6.45, 7) is 0. The van der Waals surface area contributed by atoms with Crippen LogP contribution < -0.4 is 15.8 Å². The molecule has 3 N–H and O–H groups in total. The lowest BCUT2D eigenvalue weighted by atomic mass is 9.98. The Hall–Kier alpha value is -0.590. The molecular formula is C13H16Br2N2O2. The lowest BCUT2D eigenvalue weighted by Gasteiger charge is -2.23. The van der Waals surface area contributed by atoms with Crippen LogP contribution in [0.5, 0.6) is 5.75 Å². The molecule has 0 spiro atoms. The van der Waals surface area contributed by atoms with E-state index in [1.807, 2.05) is 6.07 Å². The van der Waals surface area contributed by atoms with Crippen molar-refractivity contribution in [1.29, 1.82) is 0 Å². The molecule has 6 heteroatoms. The fraction of sp³-hybridized carbons (Fsp3) is 0.462. The molecule has 0 unspecified atom stereocenters. The minimum atomic E-state index is -0.736. The molecule has 1 aliphatic rings. The molecule has 1 aromatic carbocycles. The number of carbonyl (C=O) groups is 1. The fourth-order valence-electron chi connectivity index (χ4n) is 2.26. The van der Waals surface area contributed by atoms with Crippen LogP contribution in [-0.4, -0.2) is 18.6 Å². The SMILES string of the molecule is COc1cc(NC(=O)C2(N)CCCC2)c(Br)cc1Br. The monoisotopic (exact) mass is 390 g/mol. The van der Waals surface area contributed by atoms with Gasteiger partial charge in [-0.3, -0.25) is 4.79 Å². The van der Waals surface area contributed by atoms with E-state index in [4.69, 9.17) is 10.5 Å². The van der Waals surface area contributed by atoms with Gasteiger partial charge in [0.25, 0.3) is 0 Å². The number of benzene rings is 1. The molecule has 0 bridgehead atoms. The summed E-state index contributed by atoms with van der Waals surface area (Å²) in [5.41, 5.74) is 6.07. The number of anilines is 1. The molecule has 0 aromatic heterocycles. The number of nitrogens with two attached hydrogens (primary N) is 1. The van der Waals surface area contributed by atoms with E-state index < -0.39 is 5.54 Å². The van der Waals surface area contributed by atoms with Crippen molar-refractivity contribution in [3.63, 3.8) is 0 Å². The summed E-state index contributed by atoms with van der Waals surface area (Å²) in [6, 6.07) is 3.61. The minimum absolute atomic E-state index is 0.130. The number of hydrogen-bond donors (Lipinski definition) is 2. The summed E-state index contributed by atoms with van der Waals surface area (Å²) in [4.78, 5) is 12.3. The van der Waals surface area contributed by atoms with Gasteiger partial charge in [0.2, 0.25) is 5.91 Å². The van der Waals surface area contributed by atoms with Crippen molar-refractivity contribution in [3.05, 3.63) is 21.1 Å². The number of halogens is 2. The molecule has 1 fully saturated rings. The first-order chi connectivity index (χ1) is 8.96. The van der Waals surface area contributed by atoms with Gasteiger partial charge in [-0.1, -0.05) is 12.8 Å². The molecule has 0 saturated heterocycles. The molecule has 19 heavy (non-hydrogen) atoms. The van der Waals surface area contributed by atoms with Crippen molar-refractivity contribution in [1.82, 2.24) is 0 Å². The zero-order chi connectivity index (χ0) is 14.0. The number of ether oxygens (including phenoxy) is 1. The predicted octanol–water partition coefficient (Wildman–Crippen LogP) is 3.43. The van der Waals surface area contributed by atoms with Gasteiger partial charge in [-0.15, -0.1) is 0 Å². The van der Waals surface area contributed by atoms with Crippen molar-refractivity contribution in [2.45, 2.75) is 31.2 Å². The maximum Gasteiger partial charge on any atom is 0.244 e. The Morgan fingerprint density at radius 2 is 1.95 bits per heavy atom. The number of methoxy groups -OCH3 is 1. The number of hydrogen-bond acceptors (Lipinski definition) is 3. The highest BCUT2D eigenvalue weighted by Gasteiger charge is 2.37. The van der Waals surface area contributed by atoms with Gasteiger partial charge in [-0.2, -0.15) is 0 Å². The second-order valence-corrected chi connectivity index (χ2v) is 6.49. The normalized spacial score (nSPS) is 17.3.